The first-order valence-corrected chi connectivity index (χ1v) is 28.0. The molecule has 0 aliphatic carbocycles. The van der Waals surface area contributed by atoms with Gasteiger partial charge in [0.1, 0.15) is 0 Å². The first kappa shape index (κ1) is 51.3. The van der Waals surface area contributed by atoms with Crippen molar-refractivity contribution >= 4 is 73.7 Å². The maximum Gasteiger partial charge on any atom is 0.333 e. The van der Waals surface area contributed by atoms with Gasteiger partial charge in [0.25, 0.3) is 0 Å². The Bertz CT molecular complexity index is 3730. The summed E-state index contributed by atoms with van der Waals surface area (Å²) in [7, 11) is 0. The smallest absolute Gasteiger partial charge is 0.333 e. The van der Waals surface area contributed by atoms with E-state index in [0.717, 1.165) is 11.4 Å². The molecule has 9 aromatic rings. The number of anilines is 6. The highest BCUT2D eigenvalue weighted by Crippen LogP contribution is 2.53. The van der Waals surface area contributed by atoms with Gasteiger partial charge in [0.15, 0.2) is 0 Å². The normalized spacial score (nSPS) is 13.9. The monoisotopic (exact) mass is 998 g/mol. The number of hydrogen-bond acceptors (Lipinski definition) is 2. The van der Waals surface area contributed by atoms with Gasteiger partial charge in [-0.05, 0) is 155 Å². The topological polar surface area (TPSA) is 11.4 Å². The Labute approximate surface area is 456 Å². The molecule has 1 aromatic heterocycles. The highest BCUT2D eigenvalue weighted by atomic mass is 15.2. The number of aromatic nitrogens is 1. The van der Waals surface area contributed by atoms with Gasteiger partial charge in [-0.2, -0.15) is 0 Å². The average molecular weight is 998 g/mol. The van der Waals surface area contributed by atoms with E-state index in [0.29, 0.717) is 0 Å². The summed E-state index contributed by atoms with van der Waals surface area (Å²) in [5.74, 6) is 0. The Balaban J connectivity index is 1.31. The Kier molecular flexibility index (Phi) is 11.7. The molecule has 0 bridgehead atoms. The van der Waals surface area contributed by atoms with Crippen LogP contribution >= 0.6 is 0 Å². The fourth-order valence-electron chi connectivity index (χ4n) is 12.0. The summed E-state index contributed by atoms with van der Waals surface area (Å²) in [5.41, 5.74) is 25.1. The molecule has 0 saturated heterocycles. The van der Waals surface area contributed by atoms with Crippen molar-refractivity contribution in [1.29, 1.82) is 0 Å². The van der Waals surface area contributed by atoms with E-state index < -0.39 is 0 Å². The lowest BCUT2D eigenvalue weighted by atomic mass is 9.44. The molecule has 8 aromatic carbocycles. The molecule has 4 heteroatoms. The van der Waals surface area contributed by atoms with Crippen LogP contribution in [-0.2, 0) is 32.5 Å². The predicted molar refractivity (Wildman–Crippen MR) is 332 cm³/mol. The SMILES string of the molecule is CC(C)(C)c1ccc(N2c3ccc(C(C)(C)C)cc3B3c4c(cc(C(C)(C)C)cc42)-c2ccc(N(c4ccc(C(C)(C)C)cc4)c4ccc(C(C)(C)C)cc4-c4ccccc4)c4c5cc(C(C)(C)C)ccc5n3c24)cc1. The first-order valence-electron chi connectivity index (χ1n) is 28.0. The fraction of sp³-hybridized carbons (Fsp3) is 0.333. The second-order valence-electron chi connectivity index (χ2n) is 28.5. The fourth-order valence-corrected chi connectivity index (χ4v) is 12.0. The van der Waals surface area contributed by atoms with E-state index in [1.807, 2.05) is 0 Å². The third kappa shape index (κ3) is 8.59. The van der Waals surface area contributed by atoms with Crippen molar-refractivity contribution in [2.24, 2.45) is 0 Å². The lowest BCUT2D eigenvalue weighted by Gasteiger charge is -2.42. The summed E-state index contributed by atoms with van der Waals surface area (Å²) >= 11 is 0. The van der Waals surface area contributed by atoms with Gasteiger partial charge in [-0.3, -0.25) is 0 Å². The second kappa shape index (κ2) is 17.4. The van der Waals surface area contributed by atoms with Crippen LogP contribution in [0.5, 0.6) is 0 Å². The lowest BCUT2D eigenvalue weighted by Crippen LogP contribution is -2.57. The summed E-state index contributed by atoms with van der Waals surface area (Å²) in [6.45, 7) is 42.0. The van der Waals surface area contributed by atoms with E-state index in [4.69, 9.17) is 0 Å². The minimum atomic E-state index is -0.118. The molecular weight excluding hydrogens is 918 g/mol. The lowest BCUT2D eigenvalue weighted by molar-refractivity contribution is 0.589. The van der Waals surface area contributed by atoms with Gasteiger partial charge in [0, 0.05) is 55.7 Å². The largest absolute Gasteiger partial charge is 0.375 e. The number of benzene rings is 8. The highest BCUT2D eigenvalue weighted by Gasteiger charge is 2.45. The number of fused-ring (bicyclic) bond motifs is 7. The van der Waals surface area contributed by atoms with Crippen LogP contribution in [-0.4, -0.2) is 11.3 Å². The van der Waals surface area contributed by atoms with E-state index in [1.165, 1.54) is 111 Å². The number of hydrogen-bond donors (Lipinski definition) is 0. The zero-order valence-corrected chi connectivity index (χ0v) is 48.9. The van der Waals surface area contributed by atoms with E-state index in [2.05, 4.69) is 297 Å². The number of rotatable bonds is 5. The van der Waals surface area contributed by atoms with E-state index in [9.17, 15) is 0 Å². The maximum absolute atomic E-state index is 2.77. The molecule has 2 aliphatic heterocycles. The van der Waals surface area contributed by atoms with Gasteiger partial charge < -0.3 is 14.3 Å². The molecule has 0 spiro atoms. The molecule has 0 unspecified atom stereocenters. The molecule has 0 amide bonds. The molecular formula is C72H80BN3. The molecule has 2 aliphatic rings. The Hall–Kier alpha value is -6.78. The van der Waals surface area contributed by atoms with E-state index >= 15 is 0 Å². The average Bonchev–Trinajstić information content (AvgIpc) is 3.71. The summed E-state index contributed by atoms with van der Waals surface area (Å²) in [4.78, 5) is 5.18. The third-order valence-corrected chi connectivity index (χ3v) is 16.7. The third-order valence-electron chi connectivity index (χ3n) is 16.7. The Morgan fingerprint density at radius 2 is 0.882 bits per heavy atom. The van der Waals surface area contributed by atoms with Crippen molar-refractivity contribution in [2.75, 3.05) is 9.80 Å². The van der Waals surface area contributed by atoms with Crippen molar-refractivity contribution < 1.29 is 0 Å². The van der Waals surface area contributed by atoms with Gasteiger partial charge in [-0.25, -0.2) is 0 Å². The summed E-state index contributed by atoms with van der Waals surface area (Å²) < 4.78 is 2.77. The Morgan fingerprint density at radius 1 is 0.382 bits per heavy atom. The van der Waals surface area contributed by atoms with Gasteiger partial charge in [0.05, 0.1) is 11.4 Å². The van der Waals surface area contributed by atoms with Gasteiger partial charge in [-0.1, -0.05) is 216 Å². The predicted octanol–water partition coefficient (Wildman–Crippen LogP) is 19.1. The second-order valence-corrected chi connectivity index (χ2v) is 28.5. The molecule has 11 rings (SSSR count). The van der Waals surface area contributed by atoms with Gasteiger partial charge in [0.2, 0.25) is 0 Å². The molecule has 3 nitrogen and oxygen atoms in total. The highest BCUT2D eigenvalue weighted by molar-refractivity contribution is 6.90. The van der Waals surface area contributed by atoms with Crippen LogP contribution in [0, 0.1) is 0 Å². The molecule has 0 saturated carbocycles. The zero-order valence-electron chi connectivity index (χ0n) is 48.9. The van der Waals surface area contributed by atoms with E-state index in [-0.39, 0.29) is 39.3 Å². The summed E-state index contributed by atoms with van der Waals surface area (Å²) in [5, 5.41) is 2.56. The maximum atomic E-state index is 2.77. The van der Waals surface area contributed by atoms with Crippen molar-refractivity contribution in [3.05, 3.63) is 191 Å². The molecule has 0 radical (unpaired) electrons. The van der Waals surface area contributed by atoms with Gasteiger partial charge >= 0.3 is 6.85 Å². The minimum Gasteiger partial charge on any atom is -0.375 e. The van der Waals surface area contributed by atoms with Crippen LogP contribution in [0.3, 0.4) is 0 Å². The van der Waals surface area contributed by atoms with Crippen LogP contribution in [0.2, 0.25) is 0 Å². The van der Waals surface area contributed by atoms with E-state index in [1.54, 1.807) is 0 Å². The molecule has 3 heterocycles. The van der Waals surface area contributed by atoms with Crippen molar-refractivity contribution in [2.45, 2.75) is 157 Å². The minimum absolute atomic E-state index is 0.00235. The van der Waals surface area contributed by atoms with Crippen LogP contribution in [0.1, 0.15) is 158 Å². The van der Waals surface area contributed by atoms with Crippen molar-refractivity contribution in [1.82, 2.24) is 4.48 Å². The quantitative estimate of drug-likeness (QED) is 0.159. The molecule has 76 heavy (non-hydrogen) atoms. The van der Waals surface area contributed by atoms with Crippen LogP contribution < -0.4 is 20.7 Å². The summed E-state index contributed by atoms with van der Waals surface area (Å²) in [6, 6.07) is 61.9. The standard InChI is InChI=1S/C72H80BN3/c1-67(2,3)46-24-31-52(32-25-46)74(59-36-28-48(69(7,8)9)40-55(59)45-22-20-19-21-23-45)62-39-35-54-56-42-51(72(16,17)18)44-63-65(56)73(76-60-37-29-49(70(10,11)12)41-57(60)64(62)66(54)76)58-43-50(71(13,14)15)30-38-61(58)75(63)53-33-26-47(27-34-53)68(4,5)6/h19-44H,1-18H3. The molecule has 0 fully saturated rings. The zero-order chi connectivity index (χ0) is 54.4. The van der Waals surface area contributed by atoms with Gasteiger partial charge in [-0.15, -0.1) is 0 Å². The number of nitrogens with zero attached hydrogens (tertiary/aromatic N) is 3. The van der Waals surface area contributed by atoms with Crippen molar-refractivity contribution in [3.63, 3.8) is 0 Å². The molecule has 0 N–H and O–H groups in total. The van der Waals surface area contributed by atoms with Crippen LogP contribution in [0.4, 0.5) is 34.1 Å². The van der Waals surface area contributed by atoms with Crippen LogP contribution in [0.15, 0.2) is 158 Å². The van der Waals surface area contributed by atoms with Crippen LogP contribution in [0.25, 0.3) is 44.1 Å². The first-order chi connectivity index (χ1) is 35.5. The van der Waals surface area contributed by atoms with Crippen molar-refractivity contribution in [3.8, 4) is 22.3 Å². The Morgan fingerprint density at radius 3 is 1.47 bits per heavy atom. The summed E-state index contributed by atoms with van der Waals surface area (Å²) in [6.07, 6.45) is 0. The molecule has 0 atom stereocenters. The molecule has 386 valence electrons.